The molecule has 0 radical (unpaired) electrons. The Hall–Kier alpha value is -2.74. The van der Waals surface area contributed by atoms with E-state index in [0.29, 0.717) is 18.8 Å². The molecule has 0 aliphatic heterocycles. The van der Waals surface area contributed by atoms with E-state index in [-0.39, 0.29) is 16.5 Å². The molecule has 2 aliphatic carbocycles. The number of hydrogen-bond acceptors (Lipinski definition) is 4. The highest BCUT2D eigenvalue weighted by Gasteiger charge is 2.35. The van der Waals surface area contributed by atoms with Crippen molar-refractivity contribution in [3.05, 3.63) is 40.7 Å². The summed E-state index contributed by atoms with van der Waals surface area (Å²) in [4.78, 5) is 48.6. The molecule has 4 N–H and O–H groups in total. The average Bonchev–Trinajstić information content (AvgIpc) is 3.61. The molecule has 0 bridgehead atoms. The van der Waals surface area contributed by atoms with Gasteiger partial charge < -0.3 is 16.4 Å². The van der Waals surface area contributed by atoms with Crippen LogP contribution in [0.15, 0.2) is 24.3 Å². The molecule has 1 aromatic rings. The van der Waals surface area contributed by atoms with Gasteiger partial charge in [0.05, 0.1) is 6.04 Å². The lowest BCUT2D eigenvalue weighted by atomic mass is 10.0. The van der Waals surface area contributed by atoms with Crippen molar-refractivity contribution in [2.75, 3.05) is 0 Å². The van der Waals surface area contributed by atoms with Crippen LogP contribution in [0, 0.1) is 17.7 Å². The Balaban J connectivity index is 1.64. The second kappa shape index (κ2) is 10.0. The number of carbonyl (C=O) groups excluding carboxylic acids is 4. The van der Waals surface area contributed by atoms with Gasteiger partial charge >= 0.3 is 0 Å². The number of benzene rings is 1. The normalized spacial score (nSPS) is 17.7. The van der Waals surface area contributed by atoms with Gasteiger partial charge in [0.1, 0.15) is 11.9 Å². The number of primary amides is 1. The number of Topliss-reactive ketones (excluding diaryl/α,β-unsaturated/α-hetero) is 1. The number of nitrogens with one attached hydrogen (secondary N) is 2. The predicted molar refractivity (Wildman–Crippen MR) is 113 cm³/mol. The standard InChI is InChI=1S/C22H25ClFN3O4/c23-15-7-5-14(16(24)11-15)6-8-19(28)26-18(10-13-3-4-13)22(31)27-17(9-12-1-2-12)20(29)21(25)30/h5-8,11-13,17-18H,1-4,9-10H2,(H2,25,30)(H,26,28)(H,27,31)/b8-6+. The van der Waals surface area contributed by atoms with E-state index < -0.39 is 41.4 Å². The van der Waals surface area contributed by atoms with E-state index in [2.05, 4.69) is 10.6 Å². The number of carbonyl (C=O) groups is 4. The number of nitrogens with two attached hydrogens (primary N) is 1. The largest absolute Gasteiger partial charge is 0.363 e. The number of hydrogen-bond donors (Lipinski definition) is 3. The van der Waals surface area contributed by atoms with Crippen molar-refractivity contribution in [3.8, 4) is 0 Å². The van der Waals surface area contributed by atoms with Gasteiger partial charge in [-0.25, -0.2) is 4.39 Å². The number of ketones is 1. The summed E-state index contributed by atoms with van der Waals surface area (Å²) >= 11 is 5.72. The molecule has 2 fully saturated rings. The lowest BCUT2D eigenvalue weighted by molar-refractivity contribution is -0.139. The molecular formula is C22H25ClFN3O4. The third-order valence-corrected chi connectivity index (χ3v) is 5.65. The molecule has 0 aromatic heterocycles. The zero-order chi connectivity index (χ0) is 22.5. The minimum absolute atomic E-state index is 0.180. The van der Waals surface area contributed by atoms with Crippen LogP contribution < -0.4 is 16.4 Å². The van der Waals surface area contributed by atoms with E-state index in [0.717, 1.165) is 37.8 Å². The minimum atomic E-state index is -1.10. The van der Waals surface area contributed by atoms with Gasteiger partial charge in [0.15, 0.2) is 0 Å². The molecule has 7 nitrogen and oxygen atoms in total. The predicted octanol–water partition coefficient (Wildman–Crippen LogP) is 2.12. The highest BCUT2D eigenvalue weighted by molar-refractivity contribution is 6.37. The number of rotatable bonds is 11. The van der Waals surface area contributed by atoms with Crippen LogP contribution in [0.1, 0.15) is 44.1 Å². The van der Waals surface area contributed by atoms with E-state index in [1.165, 1.54) is 18.2 Å². The van der Waals surface area contributed by atoms with Crippen LogP contribution in [-0.4, -0.2) is 35.6 Å². The van der Waals surface area contributed by atoms with E-state index in [1.807, 2.05) is 0 Å². The van der Waals surface area contributed by atoms with Gasteiger partial charge in [-0.1, -0.05) is 43.4 Å². The molecule has 0 heterocycles. The molecule has 3 amide bonds. The highest BCUT2D eigenvalue weighted by atomic mass is 35.5. The van der Waals surface area contributed by atoms with Crippen molar-refractivity contribution in [1.29, 1.82) is 0 Å². The molecule has 0 spiro atoms. The van der Waals surface area contributed by atoms with Crippen LogP contribution in [0.5, 0.6) is 0 Å². The first kappa shape index (κ1) is 22.9. The summed E-state index contributed by atoms with van der Waals surface area (Å²) in [5, 5.41) is 5.45. The number of amides is 3. The monoisotopic (exact) mass is 449 g/mol. The summed E-state index contributed by atoms with van der Waals surface area (Å²) in [6.07, 6.45) is 6.98. The molecule has 2 saturated carbocycles. The van der Waals surface area contributed by atoms with Crippen molar-refractivity contribution in [1.82, 2.24) is 10.6 Å². The van der Waals surface area contributed by atoms with E-state index in [9.17, 15) is 23.6 Å². The zero-order valence-electron chi connectivity index (χ0n) is 16.9. The molecule has 2 unspecified atom stereocenters. The van der Waals surface area contributed by atoms with Gasteiger partial charge in [-0.05, 0) is 42.9 Å². The molecule has 31 heavy (non-hydrogen) atoms. The Kier molecular flexibility index (Phi) is 7.43. The van der Waals surface area contributed by atoms with Crippen LogP contribution in [0.2, 0.25) is 5.02 Å². The molecule has 2 aliphatic rings. The van der Waals surface area contributed by atoms with Gasteiger partial charge in [-0.15, -0.1) is 0 Å². The minimum Gasteiger partial charge on any atom is -0.363 e. The maximum atomic E-state index is 13.9. The van der Waals surface area contributed by atoms with Gasteiger partial charge in [-0.3, -0.25) is 19.2 Å². The Bertz CT molecular complexity index is 912. The third kappa shape index (κ3) is 7.17. The van der Waals surface area contributed by atoms with E-state index in [4.69, 9.17) is 17.3 Å². The fourth-order valence-corrected chi connectivity index (χ4v) is 3.46. The number of halogens is 2. The van der Waals surface area contributed by atoms with Crippen LogP contribution >= 0.6 is 11.6 Å². The first-order valence-electron chi connectivity index (χ1n) is 10.3. The smallest absolute Gasteiger partial charge is 0.287 e. The molecular weight excluding hydrogens is 425 g/mol. The molecule has 0 saturated heterocycles. The fraction of sp³-hybridized carbons (Fsp3) is 0.455. The second-order valence-electron chi connectivity index (χ2n) is 8.21. The van der Waals surface area contributed by atoms with Crippen molar-refractivity contribution in [2.24, 2.45) is 17.6 Å². The van der Waals surface area contributed by atoms with Gasteiger partial charge in [0.25, 0.3) is 5.91 Å². The highest BCUT2D eigenvalue weighted by Crippen LogP contribution is 2.35. The second-order valence-corrected chi connectivity index (χ2v) is 8.64. The lowest BCUT2D eigenvalue weighted by Gasteiger charge is -2.22. The SMILES string of the molecule is NC(=O)C(=O)C(CC1CC1)NC(=O)C(CC1CC1)NC(=O)/C=C/c1ccc(Cl)cc1F. The van der Waals surface area contributed by atoms with Crippen molar-refractivity contribution in [2.45, 2.75) is 50.6 Å². The average molecular weight is 450 g/mol. The molecule has 166 valence electrons. The summed E-state index contributed by atoms with van der Waals surface area (Å²) in [5.74, 6) is -3.03. The van der Waals surface area contributed by atoms with Gasteiger partial charge in [0.2, 0.25) is 17.6 Å². The molecule has 9 heteroatoms. The first-order chi connectivity index (χ1) is 14.7. The molecule has 3 rings (SSSR count). The van der Waals surface area contributed by atoms with Crippen LogP contribution in [0.25, 0.3) is 6.08 Å². The lowest BCUT2D eigenvalue weighted by Crippen LogP contribution is -2.53. The van der Waals surface area contributed by atoms with Crippen molar-refractivity contribution in [3.63, 3.8) is 0 Å². The summed E-state index contributed by atoms with van der Waals surface area (Å²) in [5.41, 5.74) is 5.29. The zero-order valence-corrected chi connectivity index (χ0v) is 17.7. The fourth-order valence-electron chi connectivity index (χ4n) is 3.30. The van der Waals surface area contributed by atoms with Crippen LogP contribution in [-0.2, 0) is 19.2 Å². The maximum Gasteiger partial charge on any atom is 0.287 e. The van der Waals surface area contributed by atoms with Crippen molar-refractivity contribution < 1.29 is 23.6 Å². The summed E-state index contributed by atoms with van der Waals surface area (Å²) < 4.78 is 13.9. The Labute approximate surface area is 184 Å². The Morgan fingerprint density at radius 1 is 1.06 bits per heavy atom. The van der Waals surface area contributed by atoms with Gasteiger partial charge in [0, 0.05) is 16.7 Å². The topological polar surface area (TPSA) is 118 Å². The first-order valence-corrected chi connectivity index (χ1v) is 10.7. The Morgan fingerprint density at radius 2 is 1.68 bits per heavy atom. The van der Waals surface area contributed by atoms with E-state index in [1.54, 1.807) is 0 Å². The summed E-state index contributed by atoms with van der Waals surface area (Å²) in [7, 11) is 0. The molecule has 1 aromatic carbocycles. The van der Waals surface area contributed by atoms with Gasteiger partial charge in [-0.2, -0.15) is 0 Å². The quantitative estimate of drug-likeness (QED) is 0.354. The summed E-state index contributed by atoms with van der Waals surface area (Å²) in [6, 6.07) is 2.21. The third-order valence-electron chi connectivity index (χ3n) is 5.42. The maximum absolute atomic E-state index is 13.9. The van der Waals surface area contributed by atoms with E-state index >= 15 is 0 Å². The molecule has 2 atom stereocenters. The van der Waals surface area contributed by atoms with Crippen LogP contribution in [0.4, 0.5) is 4.39 Å². The van der Waals surface area contributed by atoms with Crippen LogP contribution in [0.3, 0.4) is 0 Å². The van der Waals surface area contributed by atoms with Crippen molar-refractivity contribution >= 4 is 41.2 Å². The Morgan fingerprint density at radius 3 is 2.23 bits per heavy atom. The summed E-state index contributed by atoms with van der Waals surface area (Å²) in [6.45, 7) is 0.